The van der Waals surface area contributed by atoms with E-state index in [4.69, 9.17) is 0 Å². The van der Waals surface area contributed by atoms with Crippen molar-refractivity contribution in [1.29, 1.82) is 0 Å². The molecule has 0 aromatic heterocycles. The molecule has 2 heterocycles. The van der Waals surface area contributed by atoms with Gasteiger partial charge in [-0.25, -0.2) is 0 Å². The first-order valence-electron chi connectivity index (χ1n) is 12.1. The monoisotopic (exact) mass is 442 g/mol. The maximum Gasteiger partial charge on any atom is 0.234 e. The quantitative estimate of drug-likeness (QED) is 0.509. The molecule has 2 aliphatic rings. The summed E-state index contributed by atoms with van der Waals surface area (Å²) >= 11 is 0. The number of Topliss-reactive ketones (excluding diaryl/α,β-unsaturated/α-hetero) is 1. The van der Waals surface area contributed by atoms with Gasteiger partial charge in [-0.3, -0.25) is 19.3 Å². The van der Waals surface area contributed by atoms with Crippen molar-refractivity contribution in [3.8, 4) is 0 Å². The zero-order valence-corrected chi connectivity index (χ0v) is 19.4. The molecule has 176 valence electrons. The van der Waals surface area contributed by atoms with Gasteiger partial charge in [0, 0.05) is 12.5 Å². The molecule has 0 aliphatic carbocycles. The summed E-state index contributed by atoms with van der Waals surface area (Å²) in [6, 6.07) is 9.22. The van der Waals surface area contributed by atoms with Crippen LogP contribution in [0.4, 0.5) is 0 Å². The SMILES string of the molecule is CC(=O)C(Cc1ccccc1)NC(=O)CN1CCC(C(=O)NCCCN2CCCC2)CC1. The number of nitrogens with one attached hydrogen (secondary N) is 2. The van der Waals surface area contributed by atoms with Gasteiger partial charge < -0.3 is 15.5 Å². The summed E-state index contributed by atoms with van der Waals surface area (Å²) in [7, 11) is 0. The summed E-state index contributed by atoms with van der Waals surface area (Å²) in [5.41, 5.74) is 1.03. The first-order chi connectivity index (χ1) is 15.5. The van der Waals surface area contributed by atoms with Crippen LogP contribution in [0.5, 0.6) is 0 Å². The highest BCUT2D eigenvalue weighted by molar-refractivity contribution is 5.88. The molecule has 7 nitrogen and oxygen atoms in total. The Bertz CT molecular complexity index is 741. The van der Waals surface area contributed by atoms with Crippen LogP contribution < -0.4 is 10.6 Å². The molecule has 1 aromatic rings. The van der Waals surface area contributed by atoms with E-state index in [-0.39, 0.29) is 30.1 Å². The smallest absolute Gasteiger partial charge is 0.234 e. The molecule has 2 fully saturated rings. The van der Waals surface area contributed by atoms with Gasteiger partial charge in [0.15, 0.2) is 5.78 Å². The second-order valence-electron chi connectivity index (χ2n) is 9.16. The number of rotatable bonds is 11. The molecule has 0 saturated carbocycles. The maximum absolute atomic E-state index is 12.5. The molecule has 7 heteroatoms. The van der Waals surface area contributed by atoms with Crippen molar-refractivity contribution in [1.82, 2.24) is 20.4 Å². The zero-order chi connectivity index (χ0) is 22.8. The van der Waals surface area contributed by atoms with Crippen molar-refractivity contribution < 1.29 is 14.4 Å². The lowest BCUT2D eigenvalue weighted by Crippen LogP contribution is -2.48. The van der Waals surface area contributed by atoms with Gasteiger partial charge in [-0.15, -0.1) is 0 Å². The van der Waals surface area contributed by atoms with E-state index in [1.807, 2.05) is 30.3 Å². The van der Waals surface area contributed by atoms with Gasteiger partial charge in [0.2, 0.25) is 11.8 Å². The summed E-state index contributed by atoms with van der Waals surface area (Å²) in [5.74, 6) is 0.00688. The van der Waals surface area contributed by atoms with Crippen LogP contribution in [0.2, 0.25) is 0 Å². The van der Waals surface area contributed by atoms with Gasteiger partial charge in [-0.1, -0.05) is 30.3 Å². The number of carbonyl (C=O) groups excluding carboxylic acids is 3. The highest BCUT2D eigenvalue weighted by Gasteiger charge is 2.26. The van der Waals surface area contributed by atoms with E-state index in [1.165, 1.54) is 32.9 Å². The Hall–Kier alpha value is -2.25. The number of ketones is 1. The van der Waals surface area contributed by atoms with Crippen LogP contribution in [0.25, 0.3) is 0 Å². The molecule has 2 N–H and O–H groups in total. The minimum Gasteiger partial charge on any atom is -0.356 e. The number of likely N-dealkylation sites (tertiary alicyclic amines) is 2. The molecule has 0 spiro atoms. The Kier molecular flexibility index (Phi) is 9.68. The highest BCUT2D eigenvalue weighted by Crippen LogP contribution is 2.17. The second kappa shape index (κ2) is 12.7. The molecule has 1 unspecified atom stereocenters. The molecule has 2 aliphatic heterocycles. The lowest BCUT2D eigenvalue weighted by Gasteiger charge is -2.31. The third-order valence-corrected chi connectivity index (χ3v) is 6.58. The third-order valence-electron chi connectivity index (χ3n) is 6.58. The fourth-order valence-corrected chi connectivity index (χ4v) is 4.61. The van der Waals surface area contributed by atoms with Crippen molar-refractivity contribution >= 4 is 17.6 Å². The summed E-state index contributed by atoms with van der Waals surface area (Å²) in [6.07, 6.45) is 5.64. The van der Waals surface area contributed by atoms with E-state index < -0.39 is 6.04 Å². The Morgan fingerprint density at radius 1 is 1.00 bits per heavy atom. The Labute approximate surface area is 191 Å². The molecular weight excluding hydrogens is 404 g/mol. The second-order valence-corrected chi connectivity index (χ2v) is 9.16. The Balaban J connectivity index is 1.33. The van der Waals surface area contributed by atoms with Gasteiger partial charge in [0.25, 0.3) is 0 Å². The molecule has 0 radical (unpaired) electrons. The number of piperidine rings is 1. The third kappa shape index (κ3) is 8.02. The van der Waals surface area contributed by atoms with E-state index in [0.717, 1.165) is 51.0 Å². The van der Waals surface area contributed by atoms with Crippen LogP contribution >= 0.6 is 0 Å². The van der Waals surface area contributed by atoms with Crippen molar-refractivity contribution in [2.24, 2.45) is 5.92 Å². The van der Waals surface area contributed by atoms with Crippen LogP contribution in [0.1, 0.15) is 44.6 Å². The van der Waals surface area contributed by atoms with E-state index in [1.54, 1.807) is 0 Å². The molecule has 0 bridgehead atoms. The van der Waals surface area contributed by atoms with Gasteiger partial charge in [-0.2, -0.15) is 0 Å². The summed E-state index contributed by atoms with van der Waals surface area (Å²) in [4.78, 5) is 41.5. The largest absolute Gasteiger partial charge is 0.356 e. The standard InChI is InChI=1S/C25H38N4O3/c1-20(30)23(18-21-8-3-2-4-9-21)27-24(31)19-29-16-10-22(11-17-29)25(32)26-12-7-15-28-13-5-6-14-28/h2-4,8-9,22-23H,5-7,10-19H2,1H3,(H,26,32)(H,27,31). The maximum atomic E-state index is 12.5. The molecule has 1 atom stereocenters. The van der Waals surface area contributed by atoms with Crippen molar-refractivity contribution in [2.45, 2.75) is 51.5 Å². The predicted molar refractivity (Wildman–Crippen MR) is 125 cm³/mol. The normalized spacial score (nSPS) is 18.9. The number of amides is 2. The molecule has 32 heavy (non-hydrogen) atoms. The van der Waals surface area contributed by atoms with Gasteiger partial charge in [0.05, 0.1) is 12.6 Å². The first-order valence-corrected chi connectivity index (χ1v) is 12.1. The van der Waals surface area contributed by atoms with Gasteiger partial charge in [-0.05, 0) is 83.7 Å². The van der Waals surface area contributed by atoms with Crippen LogP contribution in [0.15, 0.2) is 30.3 Å². The fraction of sp³-hybridized carbons (Fsp3) is 0.640. The minimum atomic E-state index is -0.506. The summed E-state index contributed by atoms with van der Waals surface area (Å²) in [6.45, 7) is 7.43. The van der Waals surface area contributed by atoms with Crippen LogP contribution in [-0.4, -0.2) is 79.3 Å². The molecule has 1 aromatic carbocycles. The van der Waals surface area contributed by atoms with Gasteiger partial charge in [0.1, 0.15) is 0 Å². The van der Waals surface area contributed by atoms with Crippen LogP contribution in [-0.2, 0) is 20.8 Å². The average molecular weight is 443 g/mol. The zero-order valence-electron chi connectivity index (χ0n) is 19.4. The topological polar surface area (TPSA) is 81.8 Å². The van der Waals surface area contributed by atoms with Crippen LogP contribution in [0.3, 0.4) is 0 Å². The summed E-state index contributed by atoms with van der Waals surface area (Å²) in [5, 5.41) is 5.98. The highest BCUT2D eigenvalue weighted by atomic mass is 16.2. The van der Waals surface area contributed by atoms with Crippen LogP contribution in [0, 0.1) is 5.92 Å². The van der Waals surface area contributed by atoms with E-state index in [2.05, 4.69) is 20.4 Å². The first kappa shape index (κ1) is 24.4. The minimum absolute atomic E-state index is 0.0316. The molecular formula is C25H38N4O3. The molecule has 2 amide bonds. The molecule has 3 rings (SSSR count). The lowest BCUT2D eigenvalue weighted by molar-refractivity contribution is -0.129. The van der Waals surface area contributed by atoms with E-state index >= 15 is 0 Å². The average Bonchev–Trinajstić information content (AvgIpc) is 3.31. The van der Waals surface area contributed by atoms with E-state index in [9.17, 15) is 14.4 Å². The Morgan fingerprint density at radius 2 is 1.69 bits per heavy atom. The number of benzene rings is 1. The van der Waals surface area contributed by atoms with Crippen molar-refractivity contribution in [3.63, 3.8) is 0 Å². The van der Waals surface area contributed by atoms with Crippen molar-refractivity contribution in [2.75, 3.05) is 45.8 Å². The summed E-state index contributed by atoms with van der Waals surface area (Å²) < 4.78 is 0. The van der Waals surface area contributed by atoms with Gasteiger partial charge >= 0.3 is 0 Å². The number of carbonyl (C=O) groups is 3. The Morgan fingerprint density at radius 3 is 2.34 bits per heavy atom. The fourth-order valence-electron chi connectivity index (χ4n) is 4.61. The number of hydrogen-bond donors (Lipinski definition) is 2. The lowest BCUT2D eigenvalue weighted by atomic mass is 9.96. The number of nitrogens with zero attached hydrogens (tertiary/aromatic N) is 2. The number of hydrogen-bond acceptors (Lipinski definition) is 5. The van der Waals surface area contributed by atoms with Crippen molar-refractivity contribution in [3.05, 3.63) is 35.9 Å². The van der Waals surface area contributed by atoms with E-state index in [0.29, 0.717) is 6.42 Å². The molecule has 2 saturated heterocycles. The predicted octanol–water partition coefficient (Wildman–Crippen LogP) is 1.62.